The molecule has 2 N–H and O–H groups in total. The smallest absolute Gasteiger partial charge is 0.224 e. The Hall–Kier alpha value is -1.66. The highest BCUT2D eigenvalue weighted by Gasteiger charge is 2.03. The van der Waals surface area contributed by atoms with E-state index in [2.05, 4.69) is 55.5 Å². The molecule has 6 heteroatoms. The van der Waals surface area contributed by atoms with Crippen molar-refractivity contribution in [1.82, 2.24) is 14.9 Å². The van der Waals surface area contributed by atoms with E-state index in [1.54, 1.807) is 0 Å². The molecular weight excluding hydrogens is 342 g/mol. The zero-order chi connectivity index (χ0) is 15.9. The molecule has 2 aromatic rings. The molecule has 0 atom stereocenters. The second kappa shape index (κ2) is 8.10. The molecule has 0 aliphatic carbocycles. The Morgan fingerprint density at radius 3 is 2.55 bits per heavy atom. The number of hydrogen-bond acceptors (Lipinski definition) is 5. The summed E-state index contributed by atoms with van der Waals surface area (Å²) in [6.07, 6.45) is 1.06. The first-order chi connectivity index (χ1) is 10.5. The van der Waals surface area contributed by atoms with Gasteiger partial charge in [-0.1, -0.05) is 15.9 Å². The van der Waals surface area contributed by atoms with Gasteiger partial charge in [-0.3, -0.25) is 0 Å². The Morgan fingerprint density at radius 1 is 1.14 bits per heavy atom. The minimum absolute atomic E-state index is 0.665. The highest BCUT2D eigenvalue weighted by Crippen LogP contribution is 2.19. The molecule has 118 valence electrons. The normalized spacial score (nSPS) is 10.8. The van der Waals surface area contributed by atoms with E-state index in [-0.39, 0.29) is 0 Å². The second-order valence-electron chi connectivity index (χ2n) is 5.43. The van der Waals surface area contributed by atoms with Gasteiger partial charge in [0.05, 0.1) is 0 Å². The summed E-state index contributed by atoms with van der Waals surface area (Å²) in [6, 6.07) is 9.94. The first-order valence-corrected chi connectivity index (χ1v) is 8.09. The van der Waals surface area contributed by atoms with Gasteiger partial charge in [0.2, 0.25) is 5.95 Å². The monoisotopic (exact) mass is 363 g/mol. The lowest BCUT2D eigenvalue weighted by Crippen LogP contribution is -2.17. The summed E-state index contributed by atoms with van der Waals surface area (Å²) in [6.45, 7) is 3.88. The van der Waals surface area contributed by atoms with Crippen LogP contribution in [0.1, 0.15) is 12.1 Å². The number of rotatable bonds is 7. The maximum atomic E-state index is 4.51. The Labute approximate surface area is 140 Å². The molecule has 0 saturated heterocycles. The van der Waals surface area contributed by atoms with Crippen LogP contribution in [0, 0.1) is 6.92 Å². The lowest BCUT2D eigenvalue weighted by Gasteiger charge is -2.11. The minimum Gasteiger partial charge on any atom is -0.354 e. The summed E-state index contributed by atoms with van der Waals surface area (Å²) in [4.78, 5) is 11.1. The quantitative estimate of drug-likeness (QED) is 0.735. The van der Waals surface area contributed by atoms with Gasteiger partial charge in [0.1, 0.15) is 5.82 Å². The number of anilines is 3. The molecule has 0 fully saturated rings. The first-order valence-electron chi connectivity index (χ1n) is 7.30. The average molecular weight is 364 g/mol. The van der Waals surface area contributed by atoms with Gasteiger partial charge >= 0.3 is 0 Å². The summed E-state index contributed by atoms with van der Waals surface area (Å²) in [5.74, 6) is 1.46. The van der Waals surface area contributed by atoms with Gasteiger partial charge in [-0.2, -0.15) is 4.98 Å². The average Bonchev–Trinajstić information content (AvgIpc) is 2.45. The van der Waals surface area contributed by atoms with Crippen LogP contribution >= 0.6 is 15.9 Å². The molecule has 0 bridgehead atoms. The van der Waals surface area contributed by atoms with Crippen molar-refractivity contribution in [3.63, 3.8) is 0 Å². The van der Waals surface area contributed by atoms with E-state index in [9.17, 15) is 0 Å². The van der Waals surface area contributed by atoms with Crippen LogP contribution in [0.4, 0.5) is 17.5 Å². The van der Waals surface area contributed by atoms with E-state index < -0.39 is 0 Å². The van der Waals surface area contributed by atoms with E-state index in [0.29, 0.717) is 5.95 Å². The standard InChI is InChI=1S/C16H22BrN5/c1-12-11-15(20-14-7-5-13(17)6-8-14)21-16(19-12)18-9-4-10-22(2)3/h5-8,11H,4,9-10H2,1-3H3,(H2,18,19,20,21). The van der Waals surface area contributed by atoms with Crippen molar-refractivity contribution in [1.29, 1.82) is 0 Å². The highest BCUT2D eigenvalue weighted by molar-refractivity contribution is 9.10. The molecule has 1 heterocycles. The van der Waals surface area contributed by atoms with Crippen LogP contribution in [0.15, 0.2) is 34.8 Å². The highest BCUT2D eigenvalue weighted by atomic mass is 79.9. The number of aryl methyl sites for hydroxylation is 1. The van der Waals surface area contributed by atoms with Crippen LogP contribution in [-0.4, -0.2) is 42.1 Å². The molecule has 0 amide bonds. The number of hydrogen-bond donors (Lipinski definition) is 2. The summed E-state index contributed by atoms with van der Waals surface area (Å²) >= 11 is 3.43. The van der Waals surface area contributed by atoms with Crippen molar-refractivity contribution in [2.75, 3.05) is 37.8 Å². The van der Waals surface area contributed by atoms with Crippen LogP contribution in [0.2, 0.25) is 0 Å². The molecule has 0 spiro atoms. The van der Waals surface area contributed by atoms with E-state index in [4.69, 9.17) is 0 Å². The van der Waals surface area contributed by atoms with E-state index in [1.807, 2.05) is 37.3 Å². The summed E-state index contributed by atoms with van der Waals surface area (Å²) in [5.41, 5.74) is 1.93. The van der Waals surface area contributed by atoms with Crippen LogP contribution < -0.4 is 10.6 Å². The van der Waals surface area contributed by atoms with Gasteiger partial charge in [0.25, 0.3) is 0 Å². The molecule has 0 aliphatic rings. The molecule has 0 unspecified atom stereocenters. The first kappa shape index (κ1) is 16.7. The van der Waals surface area contributed by atoms with Crippen molar-refractivity contribution < 1.29 is 0 Å². The number of aromatic nitrogens is 2. The van der Waals surface area contributed by atoms with Gasteiger partial charge < -0.3 is 15.5 Å². The van der Waals surface area contributed by atoms with Gasteiger partial charge in [0, 0.05) is 28.5 Å². The number of nitrogens with one attached hydrogen (secondary N) is 2. The zero-order valence-electron chi connectivity index (χ0n) is 13.2. The van der Waals surface area contributed by atoms with Crippen LogP contribution in [0.25, 0.3) is 0 Å². The van der Waals surface area contributed by atoms with E-state index in [1.165, 1.54) is 0 Å². The van der Waals surface area contributed by atoms with Crippen LogP contribution in [-0.2, 0) is 0 Å². The second-order valence-corrected chi connectivity index (χ2v) is 6.35. The fourth-order valence-corrected chi connectivity index (χ4v) is 2.25. The Kier molecular flexibility index (Phi) is 6.15. The fraction of sp³-hybridized carbons (Fsp3) is 0.375. The molecule has 0 aliphatic heterocycles. The third-order valence-corrected chi connectivity index (χ3v) is 3.56. The lowest BCUT2D eigenvalue weighted by molar-refractivity contribution is 0.405. The fourth-order valence-electron chi connectivity index (χ4n) is 1.99. The summed E-state index contributed by atoms with van der Waals surface area (Å²) < 4.78 is 1.06. The van der Waals surface area contributed by atoms with Crippen LogP contribution in [0.5, 0.6) is 0 Å². The topological polar surface area (TPSA) is 53.1 Å². The molecule has 1 aromatic carbocycles. The third kappa shape index (κ3) is 5.61. The molecule has 5 nitrogen and oxygen atoms in total. The molecule has 2 rings (SSSR count). The molecular formula is C16H22BrN5. The minimum atomic E-state index is 0.665. The van der Waals surface area contributed by atoms with Crippen molar-refractivity contribution in [2.45, 2.75) is 13.3 Å². The maximum Gasteiger partial charge on any atom is 0.224 e. The number of benzene rings is 1. The Balaban J connectivity index is 1.98. The number of nitrogens with zero attached hydrogens (tertiary/aromatic N) is 3. The van der Waals surface area contributed by atoms with Crippen LogP contribution in [0.3, 0.4) is 0 Å². The zero-order valence-corrected chi connectivity index (χ0v) is 14.8. The van der Waals surface area contributed by atoms with Crippen molar-refractivity contribution in [3.05, 3.63) is 40.5 Å². The van der Waals surface area contributed by atoms with Gasteiger partial charge in [-0.05, 0) is 58.3 Å². The SMILES string of the molecule is Cc1cc(Nc2ccc(Br)cc2)nc(NCCCN(C)C)n1. The Bertz CT molecular complexity index is 598. The van der Waals surface area contributed by atoms with Crippen molar-refractivity contribution in [2.24, 2.45) is 0 Å². The van der Waals surface area contributed by atoms with Gasteiger partial charge in [-0.25, -0.2) is 4.98 Å². The number of halogens is 1. The lowest BCUT2D eigenvalue weighted by atomic mass is 10.3. The predicted octanol–water partition coefficient (Wildman–Crippen LogP) is 3.65. The maximum absolute atomic E-state index is 4.51. The summed E-state index contributed by atoms with van der Waals surface area (Å²) in [7, 11) is 4.15. The van der Waals surface area contributed by atoms with Gasteiger partial charge in [-0.15, -0.1) is 0 Å². The molecule has 0 saturated carbocycles. The molecule has 1 aromatic heterocycles. The van der Waals surface area contributed by atoms with Crippen molar-refractivity contribution in [3.8, 4) is 0 Å². The summed E-state index contributed by atoms with van der Waals surface area (Å²) in [5, 5.41) is 6.58. The Morgan fingerprint density at radius 2 is 1.86 bits per heavy atom. The molecule has 22 heavy (non-hydrogen) atoms. The van der Waals surface area contributed by atoms with E-state index >= 15 is 0 Å². The largest absolute Gasteiger partial charge is 0.354 e. The third-order valence-electron chi connectivity index (χ3n) is 3.04. The van der Waals surface area contributed by atoms with E-state index in [0.717, 1.165) is 41.2 Å². The van der Waals surface area contributed by atoms with Crippen molar-refractivity contribution >= 4 is 33.4 Å². The predicted molar refractivity (Wildman–Crippen MR) is 95.9 cm³/mol. The molecule has 0 radical (unpaired) electrons. The van der Waals surface area contributed by atoms with Gasteiger partial charge in [0.15, 0.2) is 0 Å².